The average Bonchev–Trinajstić information content (AvgIpc) is 3.16. The minimum absolute atomic E-state index is 0. The summed E-state index contributed by atoms with van der Waals surface area (Å²) in [7, 11) is 8.73. The predicted octanol–water partition coefficient (Wildman–Crippen LogP) is 9.80. The van der Waals surface area contributed by atoms with Crippen LogP contribution in [0.5, 0.6) is 0 Å². The van der Waals surface area contributed by atoms with E-state index in [2.05, 4.69) is 64.8 Å². The number of unbranched alkanes of at least 4 members (excludes halogenated alkanes) is 16. The van der Waals surface area contributed by atoms with Crippen molar-refractivity contribution in [3.63, 3.8) is 0 Å². The van der Waals surface area contributed by atoms with Crippen LogP contribution in [0.2, 0.25) is 19.6 Å². The molecule has 1 saturated heterocycles. The number of rotatable bonds is 23. The molecule has 59 heavy (non-hydrogen) atoms. The molecule has 352 valence electrons. The molecule has 1 aliphatic rings. The zero-order valence-electron chi connectivity index (χ0n) is 38.5. The minimum Gasteiger partial charge on any atom is -1.00 e. The Morgan fingerprint density at radius 2 is 0.949 bits per heavy atom. The van der Waals surface area contributed by atoms with Gasteiger partial charge in [0.05, 0.1) is 13.2 Å². The zero-order chi connectivity index (χ0) is 44.1. The molecule has 0 aromatic rings. The maximum Gasteiger partial charge on any atom is 1.00 e. The normalized spacial score (nSPS) is 12.7. The van der Waals surface area contributed by atoms with Gasteiger partial charge < -0.3 is 43.7 Å². The van der Waals surface area contributed by atoms with Crippen molar-refractivity contribution in [2.24, 2.45) is 0 Å². The largest absolute Gasteiger partial charge is 1.00 e. The Labute approximate surface area is 454 Å². The molecule has 0 bridgehead atoms. The number of hydrogen-bond donors (Lipinski definition) is 2. The maximum absolute atomic E-state index is 11.2. The number of alkyl halides is 2. The molecular formula is C43H87Cl3I3NaO7SiSn. The third kappa shape index (κ3) is 105. The molecule has 0 aliphatic carbocycles. The van der Waals surface area contributed by atoms with E-state index in [1.54, 1.807) is 6.92 Å². The van der Waals surface area contributed by atoms with E-state index >= 15 is 0 Å². The van der Waals surface area contributed by atoms with Crippen molar-refractivity contribution in [1.82, 2.24) is 0 Å². The van der Waals surface area contributed by atoms with Crippen molar-refractivity contribution in [3.8, 4) is 0 Å². The van der Waals surface area contributed by atoms with Gasteiger partial charge in [-0.1, -0.05) is 200 Å². The molecule has 0 saturated carbocycles. The second-order valence-electron chi connectivity index (χ2n) is 15.0. The summed E-state index contributed by atoms with van der Waals surface area (Å²) in [5.74, 6) is -0.690. The van der Waals surface area contributed by atoms with E-state index in [4.69, 9.17) is 48.6 Å². The number of ether oxygens (including phenoxy) is 2. The van der Waals surface area contributed by atoms with Crippen LogP contribution in [0.1, 0.15) is 206 Å². The van der Waals surface area contributed by atoms with Gasteiger partial charge in [0.1, 0.15) is 7.38 Å². The molecule has 1 fully saturated rings. The van der Waals surface area contributed by atoms with Crippen molar-refractivity contribution in [3.05, 3.63) is 0 Å². The van der Waals surface area contributed by atoms with Gasteiger partial charge in [-0.05, 0) is 61.2 Å². The van der Waals surface area contributed by atoms with Gasteiger partial charge in [-0.3, -0.25) is 14.4 Å². The molecule has 0 unspecified atom stereocenters. The summed E-state index contributed by atoms with van der Waals surface area (Å²) in [6, 6.07) is 0. The van der Waals surface area contributed by atoms with Crippen molar-refractivity contribution in [1.29, 1.82) is 0 Å². The molecule has 0 amide bonds. The van der Waals surface area contributed by atoms with Gasteiger partial charge in [0.25, 0.3) is 0 Å². The Bertz CT molecular complexity index is 777. The number of carbonyl (C=O) groups is 3. The first-order valence-electron chi connectivity index (χ1n) is 22.2. The van der Waals surface area contributed by atoms with E-state index in [0.717, 1.165) is 32.1 Å². The molecule has 1 rings (SSSR count). The summed E-state index contributed by atoms with van der Waals surface area (Å²) >= 11 is 9.72. The van der Waals surface area contributed by atoms with Gasteiger partial charge in [0.15, 0.2) is 0 Å². The summed E-state index contributed by atoms with van der Waals surface area (Å²) in [5, 5.41) is 16.0. The number of aliphatic carboxylic acids is 1. The van der Waals surface area contributed by atoms with Gasteiger partial charge in [0.2, 0.25) is 0 Å². The first-order chi connectivity index (χ1) is 27.3. The zero-order valence-corrected chi connectivity index (χ0v) is 53.0. The molecule has 0 aromatic heterocycles. The number of cyclic esters (lactones) is 1. The second kappa shape index (κ2) is 70.5. The first-order valence-corrected chi connectivity index (χ1v) is 37.0. The second-order valence-corrected chi connectivity index (χ2v) is 29.0. The topological polar surface area (TPSA) is 110 Å². The fraction of sp³-hybridized carbons (Fsp3) is 0.930. The smallest absolute Gasteiger partial charge is 1.00 e. The predicted molar refractivity (Wildman–Crippen MR) is 271 cm³/mol. The number of carboxylic acid groups (broad SMARTS) is 1. The van der Waals surface area contributed by atoms with Crippen molar-refractivity contribution in [2.75, 3.05) is 28.7 Å². The molecule has 7 nitrogen and oxygen atoms in total. The van der Waals surface area contributed by atoms with Crippen LogP contribution in [0.4, 0.5) is 0 Å². The number of carbonyl (C=O) groups excluding carboxylic acids is 2. The van der Waals surface area contributed by atoms with Crippen molar-refractivity contribution in [2.45, 2.75) is 226 Å². The molecule has 1 heterocycles. The van der Waals surface area contributed by atoms with Crippen LogP contribution >= 0.6 is 74.1 Å². The van der Waals surface area contributed by atoms with E-state index < -0.39 is 32.2 Å². The summed E-state index contributed by atoms with van der Waals surface area (Å²) in [6.45, 7) is 11.2. The molecule has 0 spiro atoms. The Balaban J connectivity index is -0.000000120. The third-order valence-electron chi connectivity index (χ3n) is 8.13. The van der Waals surface area contributed by atoms with Crippen molar-refractivity contribution >= 4 is 118 Å². The number of esters is 2. The molecule has 16 heteroatoms. The number of carboxylic acids is 1. The Kier molecular flexibility index (Phi) is 91.6. The monoisotopic (exact) mass is 1370 g/mol. The summed E-state index contributed by atoms with van der Waals surface area (Å²) in [4.78, 5) is 32.5. The van der Waals surface area contributed by atoms with Crippen LogP contribution < -0.4 is 53.5 Å². The van der Waals surface area contributed by atoms with Crippen LogP contribution in [0.15, 0.2) is 0 Å². The summed E-state index contributed by atoms with van der Waals surface area (Å²) < 4.78 is 12.6. The van der Waals surface area contributed by atoms with E-state index in [1.165, 1.54) is 150 Å². The standard InChI is InChI=1S/C14H27IO2.C12H23IO2.C12H22O2.C3H9ClSi.C2H6O.2ClH.HI.Na.Sn/c1-2-17-14(16)12-10-8-6-4-3-5-7-9-11-13-15;13-11-9-7-5-3-1-2-4-6-8-10-12(14)15;13-12-10-8-6-4-2-1-3-5-7-9-11-14-12;1-5(2,3)4;1-2-3;;;;;/h2-13H2,1H3;1-11H2,(H,14,15);1-11H2;1-3H3;3H,2H2,1H3;3*1H;;/q;;;;;;;;+1;+2/p-3. The number of aliphatic hydroxyl groups excluding tert-OH is 1. The molecular weight excluding hydrogens is 1290 g/mol. The number of halogens is 6. The van der Waals surface area contributed by atoms with E-state index in [0.29, 0.717) is 32.5 Å². The molecule has 2 N–H and O–H groups in total. The first kappa shape index (κ1) is 76.7. The Hall–Kier alpha value is 3.45. The summed E-state index contributed by atoms with van der Waals surface area (Å²) in [5.41, 5.74) is 0. The van der Waals surface area contributed by atoms with Crippen LogP contribution in [0, 0.1) is 0 Å². The SMILES string of the molecule is CCO.CCOC(=O)CCCCCCCCCCCI.C[Si](C)(C)Cl.O=C(O)CCCCCCCCCCCI.O=C1CCCCCCCCCCCO1.[Cl][Sn][Cl].[I-].[Na+]. The summed E-state index contributed by atoms with van der Waals surface area (Å²) in [6.07, 6.45) is 35.6. The van der Waals surface area contributed by atoms with Gasteiger partial charge in [-0.15, -0.1) is 0 Å². The Morgan fingerprint density at radius 3 is 1.27 bits per heavy atom. The van der Waals surface area contributed by atoms with Crippen LogP contribution in [-0.4, -0.2) is 83.1 Å². The van der Waals surface area contributed by atoms with Crippen LogP contribution in [0.25, 0.3) is 0 Å². The van der Waals surface area contributed by atoms with E-state index in [-0.39, 0.29) is 72.1 Å². The third-order valence-corrected chi connectivity index (χ3v) is 9.66. The van der Waals surface area contributed by atoms with E-state index in [1.807, 2.05) is 6.92 Å². The average molecular weight is 1370 g/mol. The van der Waals surface area contributed by atoms with Gasteiger partial charge in [-0.25, -0.2) is 0 Å². The van der Waals surface area contributed by atoms with E-state index in [9.17, 15) is 14.4 Å². The molecule has 0 aromatic carbocycles. The van der Waals surface area contributed by atoms with Gasteiger partial charge in [-0.2, -0.15) is 11.1 Å². The fourth-order valence-corrected chi connectivity index (χ4v) is 6.39. The van der Waals surface area contributed by atoms with Crippen LogP contribution in [-0.2, 0) is 23.9 Å². The van der Waals surface area contributed by atoms with Crippen LogP contribution in [0.3, 0.4) is 0 Å². The quantitative estimate of drug-likeness (QED) is 0.0262. The molecule has 2 radical (unpaired) electrons. The fourth-order valence-electron chi connectivity index (χ4n) is 5.31. The minimum atomic E-state index is -1.14. The maximum atomic E-state index is 11.2. The van der Waals surface area contributed by atoms with Gasteiger partial charge in [0, 0.05) is 25.9 Å². The molecule has 1 aliphatic heterocycles. The number of aliphatic hydroxyl groups is 1. The van der Waals surface area contributed by atoms with Crippen molar-refractivity contribution < 1.29 is 87.6 Å². The number of hydrogen-bond acceptors (Lipinski definition) is 6. The Morgan fingerprint density at radius 1 is 0.661 bits per heavy atom. The molecule has 0 atom stereocenters. The van der Waals surface area contributed by atoms with Gasteiger partial charge >= 0.3 is 84.2 Å².